The smallest absolute Gasteiger partial charge is 0.279 e. The highest BCUT2D eigenvalue weighted by atomic mass is 19.3. The van der Waals surface area contributed by atoms with Crippen molar-refractivity contribution in [2.75, 3.05) is 0 Å². The third kappa shape index (κ3) is 1.01. The van der Waals surface area contributed by atoms with Crippen LogP contribution in [-0.4, -0.2) is 9.55 Å². The summed E-state index contributed by atoms with van der Waals surface area (Å²) in [4.78, 5) is 3.72. The molecule has 56 valence electrons. The molecule has 0 amide bonds. The first-order valence-electron chi connectivity index (χ1n) is 2.89. The van der Waals surface area contributed by atoms with Gasteiger partial charge in [0.25, 0.3) is 6.43 Å². The first kappa shape index (κ1) is 7.18. The summed E-state index contributed by atoms with van der Waals surface area (Å²) in [6.45, 7) is 1.69. The van der Waals surface area contributed by atoms with E-state index in [-0.39, 0.29) is 5.69 Å². The molecule has 1 heterocycles. The monoisotopic (exact) mass is 146 g/mol. The van der Waals surface area contributed by atoms with Gasteiger partial charge in [0.05, 0.1) is 6.20 Å². The van der Waals surface area contributed by atoms with E-state index in [1.165, 1.54) is 10.8 Å². The van der Waals surface area contributed by atoms with Crippen molar-refractivity contribution in [2.24, 2.45) is 7.05 Å². The Morgan fingerprint density at radius 2 is 2.20 bits per heavy atom. The quantitative estimate of drug-likeness (QED) is 0.589. The average molecular weight is 146 g/mol. The van der Waals surface area contributed by atoms with Gasteiger partial charge in [0, 0.05) is 7.05 Å². The van der Waals surface area contributed by atoms with Gasteiger partial charge in [-0.05, 0) is 6.92 Å². The van der Waals surface area contributed by atoms with Crippen LogP contribution in [0.5, 0.6) is 0 Å². The van der Waals surface area contributed by atoms with Crippen LogP contribution in [0.25, 0.3) is 0 Å². The highest BCUT2D eigenvalue weighted by molar-refractivity contribution is 5.04. The molecule has 0 saturated carbocycles. The third-order valence-electron chi connectivity index (χ3n) is 1.48. The van der Waals surface area contributed by atoms with Gasteiger partial charge in [-0.1, -0.05) is 0 Å². The second-order valence-corrected chi connectivity index (χ2v) is 2.09. The van der Waals surface area contributed by atoms with E-state index in [0.29, 0.717) is 5.82 Å². The minimum atomic E-state index is -2.42. The molecule has 0 atom stereocenters. The third-order valence-corrected chi connectivity index (χ3v) is 1.48. The molecule has 4 heteroatoms. The Balaban J connectivity index is 3.05. The number of aryl methyl sites for hydroxylation is 1. The Morgan fingerprint density at radius 1 is 1.60 bits per heavy atom. The second kappa shape index (κ2) is 2.36. The zero-order valence-corrected chi connectivity index (χ0v) is 5.81. The molecular weight excluding hydrogens is 138 g/mol. The van der Waals surface area contributed by atoms with Gasteiger partial charge in [0.1, 0.15) is 11.5 Å². The van der Waals surface area contributed by atoms with Gasteiger partial charge in [-0.15, -0.1) is 0 Å². The van der Waals surface area contributed by atoms with Crippen molar-refractivity contribution in [3.8, 4) is 0 Å². The van der Waals surface area contributed by atoms with E-state index in [1.54, 1.807) is 14.0 Å². The summed E-state index contributed by atoms with van der Waals surface area (Å²) in [6, 6.07) is 0. The van der Waals surface area contributed by atoms with Crippen LogP contribution in [-0.2, 0) is 7.05 Å². The van der Waals surface area contributed by atoms with E-state index in [0.717, 1.165) is 0 Å². The van der Waals surface area contributed by atoms with Crippen LogP contribution in [0.1, 0.15) is 17.9 Å². The van der Waals surface area contributed by atoms with Gasteiger partial charge in [-0.3, -0.25) is 0 Å². The van der Waals surface area contributed by atoms with Crippen LogP contribution in [0.3, 0.4) is 0 Å². The van der Waals surface area contributed by atoms with Crippen LogP contribution in [0.2, 0.25) is 0 Å². The van der Waals surface area contributed by atoms with Gasteiger partial charge in [-0.2, -0.15) is 0 Å². The van der Waals surface area contributed by atoms with Crippen LogP contribution in [0.15, 0.2) is 6.20 Å². The van der Waals surface area contributed by atoms with Crippen molar-refractivity contribution in [3.63, 3.8) is 0 Å². The molecule has 0 aliphatic heterocycles. The molecule has 1 aromatic rings. The Morgan fingerprint density at radius 3 is 2.40 bits per heavy atom. The minimum Gasteiger partial charge on any atom is -0.331 e. The molecule has 0 N–H and O–H groups in total. The normalized spacial score (nSPS) is 10.9. The lowest BCUT2D eigenvalue weighted by molar-refractivity contribution is 0.142. The summed E-state index contributed by atoms with van der Waals surface area (Å²) in [5, 5.41) is 0. The lowest BCUT2D eigenvalue weighted by Crippen LogP contribution is -1.97. The van der Waals surface area contributed by atoms with Gasteiger partial charge in [-0.25, -0.2) is 13.8 Å². The van der Waals surface area contributed by atoms with E-state index < -0.39 is 6.43 Å². The molecule has 0 fully saturated rings. The Labute approximate surface area is 57.5 Å². The fraction of sp³-hybridized carbons (Fsp3) is 0.500. The summed E-state index contributed by atoms with van der Waals surface area (Å²) >= 11 is 0. The highest BCUT2D eigenvalue weighted by Crippen LogP contribution is 2.17. The molecule has 0 saturated heterocycles. The number of rotatable bonds is 1. The van der Waals surface area contributed by atoms with E-state index >= 15 is 0 Å². The van der Waals surface area contributed by atoms with Crippen LogP contribution < -0.4 is 0 Å². The number of aromatic nitrogens is 2. The standard InChI is InChI=1S/C6H8F2N2/c1-4-9-3-5(6(7)8)10(4)2/h3,6H,1-2H3. The van der Waals surface area contributed by atoms with Crippen molar-refractivity contribution in [3.05, 3.63) is 17.7 Å². The lowest BCUT2D eigenvalue weighted by atomic mass is 10.5. The minimum absolute atomic E-state index is 0.0301. The second-order valence-electron chi connectivity index (χ2n) is 2.09. The molecular formula is C6H8F2N2. The van der Waals surface area contributed by atoms with Crippen molar-refractivity contribution >= 4 is 0 Å². The molecule has 10 heavy (non-hydrogen) atoms. The summed E-state index contributed by atoms with van der Waals surface area (Å²) in [7, 11) is 1.57. The summed E-state index contributed by atoms with van der Waals surface area (Å²) in [5.74, 6) is 0.607. The van der Waals surface area contributed by atoms with Crippen LogP contribution >= 0.6 is 0 Å². The predicted octanol–water partition coefficient (Wildman–Crippen LogP) is 1.67. The van der Waals surface area contributed by atoms with Gasteiger partial charge >= 0.3 is 0 Å². The molecule has 2 nitrogen and oxygen atoms in total. The lowest BCUT2D eigenvalue weighted by Gasteiger charge is -1.99. The van der Waals surface area contributed by atoms with E-state index in [1.807, 2.05) is 0 Å². The molecule has 1 aromatic heterocycles. The highest BCUT2D eigenvalue weighted by Gasteiger charge is 2.12. The molecule has 0 aromatic carbocycles. The van der Waals surface area contributed by atoms with Gasteiger partial charge in [0.15, 0.2) is 0 Å². The Bertz CT molecular complexity index is 230. The SMILES string of the molecule is Cc1ncc(C(F)F)n1C. The van der Waals surface area contributed by atoms with Crippen molar-refractivity contribution < 1.29 is 8.78 Å². The predicted molar refractivity (Wildman–Crippen MR) is 32.9 cm³/mol. The van der Waals surface area contributed by atoms with Gasteiger partial charge in [0.2, 0.25) is 0 Å². The van der Waals surface area contributed by atoms with Gasteiger partial charge < -0.3 is 4.57 Å². The van der Waals surface area contributed by atoms with Crippen molar-refractivity contribution in [2.45, 2.75) is 13.3 Å². The summed E-state index contributed by atoms with van der Waals surface area (Å²) in [6.07, 6.45) is -1.23. The first-order valence-corrected chi connectivity index (χ1v) is 2.89. The van der Waals surface area contributed by atoms with Crippen molar-refractivity contribution in [1.82, 2.24) is 9.55 Å². The molecule has 0 spiro atoms. The van der Waals surface area contributed by atoms with Crippen molar-refractivity contribution in [1.29, 1.82) is 0 Å². The maximum atomic E-state index is 12.0. The summed E-state index contributed by atoms with van der Waals surface area (Å²) in [5.41, 5.74) is -0.0301. The van der Waals surface area contributed by atoms with E-state index in [2.05, 4.69) is 4.98 Å². The molecule has 1 rings (SSSR count). The first-order chi connectivity index (χ1) is 4.63. The molecule has 0 bridgehead atoms. The largest absolute Gasteiger partial charge is 0.331 e. The van der Waals surface area contributed by atoms with E-state index in [4.69, 9.17) is 0 Å². The number of halogens is 2. The van der Waals surface area contributed by atoms with Crippen LogP contribution in [0, 0.1) is 6.92 Å². The average Bonchev–Trinajstić information content (AvgIpc) is 2.14. The fourth-order valence-corrected chi connectivity index (χ4v) is 0.722. The number of alkyl halides is 2. The molecule has 0 radical (unpaired) electrons. The molecule has 0 aliphatic carbocycles. The van der Waals surface area contributed by atoms with E-state index in [9.17, 15) is 8.78 Å². The number of imidazole rings is 1. The Kier molecular flexibility index (Phi) is 1.70. The zero-order valence-electron chi connectivity index (χ0n) is 5.81. The summed E-state index contributed by atoms with van der Waals surface area (Å²) < 4.78 is 25.3. The topological polar surface area (TPSA) is 17.8 Å². The van der Waals surface area contributed by atoms with Crippen LogP contribution in [0.4, 0.5) is 8.78 Å². The zero-order chi connectivity index (χ0) is 7.72. The number of nitrogens with zero attached hydrogens (tertiary/aromatic N) is 2. The number of hydrogen-bond acceptors (Lipinski definition) is 1. The fourth-order valence-electron chi connectivity index (χ4n) is 0.722. The number of hydrogen-bond donors (Lipinski definition) is 0. The maximum Gasteiger partial charge on any atom is 0.279 e. The Hall–Kier alpha value is -0.930. The molecule has 0 aliphatic rings. The maximum absolute atomic E-state index is 12.0. The molecule has 0 unspecified atom stereocenters.